The van der Waals surface area contributed by atoms with E-state index in [0.717, 1.165) is 0 Å². The number of carbonyl (C=O) groups excluding carboxylic acids is 1. The van der Waals surface area contributed by atoms with E-state index in [1.165, 1.54) is 0 Å². The van der Waals surface area contributed by atoms with E-state index in [1.807, 2.05) is 0 Å². The summed E-state index contributed by atoms with van der Waals surface area (Å²) in [5.74, 6) is -1.00. The van der Waals surface area contributed by atoms with Gasteiger partial charge in [0.05, 0.1) is 27.1 Å². The maximum atomic E-state index is 9.89. The van der Waals surface area contributed by atoms with E-state index in [-0.39, 0.29) is 36.1 Å². The first-order valence-corrected chi connectivity index (χ1v) is 2.42. The predicted molar refractivity (Wildman–Crippen MR) is 35.1 cm³/mol. The summed E-state index contributed by atoms with van der Waals surface area (Å²) >= 11 is 0. The summed E-state index contributed by atoms with van der Waals surface area (Å²) in [4.78, 5) is 9.89. The first-order chi connectivity index (χ1) is 3.42. The van der Waals surface area contributed by atoms with Crippen molar-refractivity contribution in [3.8, 4) is 0 Å². The quantitative estimate of drug-likeness (QED) is 0.323. The van der Waals surface area contributed by atoms with E-state index in [4.69, 9.17) is 0 Å². The fourth-order valence-corrected chi connectivity index (χ4v) is 0.387. The van der Waals surface area contributed by atoms with Gasteiger partial charge < -0.3 is 14.4 Å². The molecule has 0 saturated carbocycles. The van der Waals surface area contributed by atoms with Gasteiger partial charge in [-0.3, -0.25) is 0 Å². The van der Waals surface area contributed by atoms with Crippen molar-refractivity contribution in [2.24, 2.45) is 0 Å². The number of carboxylic acids is 1. The average Bonchev–Trinajstić information content (AvgIpc) is 1.21. The summed E-state index contributed by atoms with van der Waals surface area (Å²) in [6.07, 6.45) is 0. The zero-order valence-electron chi connectivity index (χ0n) is 5.47. The van der Waals surface area contributed by atoms with Gasteiger partial charge in [-0.15, -0.1) is 0 Å². The third kappa shape index (κ3) is 11.8. The van der Waals surface area contributed by atoms with Gasteiger partial charge in [0, 0.05) is 0 Å². The second-order valence-corrected chi connectivity index (χ2v) is 2.82. The first kappa shape index (κ1) is 12.1. The van der Waals surface area contributed by atoms with Crippen molar-refractivity contribution >= 4 is 35.5 Å². The van der Waals surface area contributed by atoms with Gasteiger partial charge in [-0.05, 0) is 0 Å². The summed E-state index contributed by atoms with van der Waals surface area (Å²) in [5, 5.41) is 9.89. The van der Waals surface area contributed by atoms with Gasteiger partial charge >= 0.3 is 29.6 Å². The van der Waals surface area contributed by atoms with Gasteiger partial charge in [0.15, 0.2) is 0 Å². The molecular weight excluding hydrogens is 129 g/mol. The van der Waals surface area contributed by atoms with E-state index in [0.29, 0.717) is 4.48 Å². The zero-order chi connectivity index (χ0) is 6.78. The number of hydrogen-bond acceptors (Lipinski definition) is 2. The molecule has 0 unspecified atom stereocenters. The SMILES string of the molecule is C[N+](C)(C)CC(=O)[O-].[NaH]. The topological polar surface area (TPSA) is 40.1 Å². The summed E-state index contributed by atoms with van der Waals surface area (Å²) < 4.78 is 0.419. The molecule has 0 aliphatic carbocycles. The van der Waals surface area contributed by atoms with Gasteiger partial charge in [-0.1, -0.05) is 0 Å². The molecule has 0 fully saturated rings. The Hall–Kier alpha value is 0.430. The number of hydrogen-bond donors (Lipinski definition) is 0. The van der Waals surface area contributed by atoms with Gasteiger partial charge in [-0.2, -0.15) is 0 Å². The van der Waals surface area contributed by atoms with Crippen LogP contribution in [0.3, 0.4) is 0 Å². The van der Waals surface area contributed by atoms with Crippen molar-refractivity contribution in [3.63, 3.8) is 0 Å². The van der Waals surface area contributed by atoms with Crippen molar-refractivity contribution in [1.29, 1.82) is 0 Å². The van der Waals surface area contributed by atoms with Crippen molar-refractivity contribution in [2.45, 2.75) is 0 Å². The summed E-state index contributed by atoms with van der Waals surface area (Å²) in [6.45, 7) is 0.0694. The number of carboxylic acid groups (broad SMARTS) is 1. The fourth-order valence-electron chi connectivity index (χ4n) is 0.387. The second kappa shape index (κ2) is 4.28. The fraction of sp³-hybridized carbons (Fsp3) is 0.800. The van der Waals surface area contributed by atoms with Crippen LogP contribution in [0.4, 0.5) is 0 Å². The van der Waals surface area contributed by atoms with Crippen LogP contribution in [0.2, 0.25) is 0 Å². The Morgan fingerprint density at radius 2 is 1.78 bits per heavy atom. The van der Waals surface area contributed by atoms with Crippen LogP contribution in [-0.2, 0) is 4.79 Å². The van der Waals surface area contributed by atoms with Crippen LogP contribution in [0.15, 0.2) is 0 Å². The van der Waals surface area contributed by atoms with Crippen LogP contribution < -0.4 is 5.11 Å². The number of quaternary nitrogens is 1. The number of carbonyl (C=O) groups is 1. The van der Waals surface area contributed by atoms with E-state index >= 15 is 0 Å². The predicted octanol–water partition coefficient (Wildman–Crippen LogP) is -2.21. The molecule has 0 saturated heterocycles. The van der Waals surface area contributed by atoms with E-state index < -0.39 is 5.97 Å². The normalized spacial score (nSPS) is 10.1. The molecular formula is C5H12NNaO2. The Kier molecular flexibility index (Phi) is 5.77. The van der Waals surface area contributed by atoms with Gasteiger partial charge in [0.1, 0.15) is 6.54 Å². The van der Waals surface area contributed by atoms with Gasteiger partial charge in [0.25, 0.3) is 0 Å². The van der Waals surface area contributed by atoms with Crippen LogP contribution in [0.1, 0.15) is 0 Å². The Bertz CT molecular complexity index is 97.6. The second-order valence-electron chi connectivity index (χ2n) is 2.82. The Balaban J connectivity index is 0. The monoisotopic (exact) mass is 141 g/mol. The van der Waals surface area contributed by atoms with Crippen LogP contribution in [-0.4, -0.2) is 67.7 Å². The van der Waals surface area contributed by atoms with Gasteiger partial charge in [-0.25, -0.2) is 0 Å². The molecule has 0 aliphatic heterocycles. The van der Waals surface area contributed by atoms with Gasteiger partial charge in [0.2, 0.25) is 0 Å². The molecule has 9 heavy (non-hydrogen) atoms. The number of rotatable bonds is 2. The number of aliphatic carboxylic acids is 1. The molecule has 50 valence electrons. The summed E-state index contributed by atoms with van der Waals surface area (Å²) in [6, 6.07) is 0. The molecule has 0 bridgehead atoms. The van der Waals surface area contributed by atoms with Crippen molar-refractivity contribution < 1.29 is 14.4 Å². The Morgan fingerprint density at radius 3 is 1.78 bits per heavy atom. The molecule has 0 aromatic heterocycles. The number of nitrogens with zero attached hydrogens (tertiary/aromatic N) is 1. The molecule has 0 aliphatic rings. The van der Waals surface area contributed by atoms with Crippen LogP contribution in [0, 0.1) is 0 Å². The Labute approximate surface area is 77.5 Å². The zero-order valence-corrected chi connectivity index (χ0v) is 5.47. The number of likely N-dealkylation sites (N-methyl/N-ethyl adjacent to an activating group) is 1. The Morgan fingerprint density at radius 1 is 1.44 bits per heavy atom. The molecule has 0 heterocycles. The standard InChI is InChI=1S/C5H11NO2.Na.H/c1-6(2,3)4-5(7)8;;/h4H2,1-3H3;;. The molecule has 0 amide bonds. The minimum atomic E-state index is -1.00. The third-order valence-electron chi connectivity index (χ3n) is 0.603. The molecule has 0 radical (unpaired) electrons. The van der Waals surface area contributed by atoms with E-state index in [2.05, 4.69) is 0 Å². The maximum absolute atomic E-state index is 9.89. The van der Waals surface area contributed by atoms with Crippen molar-refractivity contribution in [1.82, 2.24) is 0 Å². The van der Waals surface area contributed by atoms with Crippen LogP contribution in [0.5, 0.6) is 0 Å². The molecule has 0 aromatic rings. The summed E-state index contributed by atoms with van der Waals surface area (Å²) in [7, 11) is 5.40. The average molecular weight is 141 g/mol. The summed E-state index contributed by atoms with van der Waals surface area (Å²) in [5.41, 5.74) is 0. The van der Waals surface area contributed by atoms with E-state index in [9.17, 15) is 9.90 Å². The van der Waals surface area contributed by atoms with E-state index in [1.54, 1.807) is 21.1 Å². The molecule has 0 N–H and O–H groups in total. The molecule has 0 aromatic carbocycles. The van der Waals surface area contributed by atoms with Crippen LogP contribution in [0.25, 0.3) is 0 Å². The van der Waals surface area contributed by atoms with Crippen LogP contribution >= 0.6 is 0 Å². The third-order valence-corrected chi connectivity index (χ3v) is 0.603. The molecule has 3 nitrogen and oxygen atoms in total. The molecule has 0 atom stereocenters. The van der Waals surface area contributed by atoms with Crippen molar-refractivity contribution in [2.75, 3.05) is 27.7 Å². The molecule has 0 spiro atoms. The molecule has 0 rings (SSSR count). The molecule has 4 heteroatoms. The minimum absolute atomic E-state index is 0. The van der Waals surface area contributed by atoms with Crippen molar-refractivity contribution in [3.05, 3.63) is 0 Å². The first-order valence-electron chi connectivity index (χ1n) is 2.42.